The number of nitrogens with zero attached hydrogens (tertiary/aromatic N) is 2. The summed E-state index contributed by atoms with van der Waals surface area (Å²) in [6.45, 7) is 3.00. The standard InChI is InChI=1S/C13H18N4O2.ClH/c1-3-17-12-6-10(5-4-9(12)7-15-17)16-13(18)11(14)8-19-2;/h4-7,11H,3,8,14H2,1-2H3,(H,16,18);1H. The molecule has 1 aromatic carbocycles. The van der Waals surface area contributed by atoms with Gasteiger partial charge in [0.15, 0.2) is 0 Å². The zero-order valence-electron chi connectivity index (χ0n) is 11.5. The van der Waals surface area contributed by atoms with Crippen LogP contribution in [0.1, 0.15) is 6.92 Å². The lowest BCUT2D eigenvalue weighted by atomic mass is 10.2. The highest BCUT2D eigenvalue weighted by molar-refractivity contribution is 5.96. The number of aryl methyl sites for hydroxylation is 1. The number of rotatable bonds is 5. The number of hydrogen-bond acceptors (Lipinski definition) is 4. The Labute approximate surface area is 123 Å². The second-order valence-corrected chi connectivity index (χ2v) is 4.29. The van der Waals surface area contributed by atoms with E-state index in [4.69, 9.17) is 10.5 Å². The molecule has 0 aliphatic rings. The minimum absolute atomic E-state index is 0. The fourth-order valence-corrected chi connectivity index (χ4v) is 1.89. The second-order valence-electron chi connectivity index (χ2n) is 4.29. The van der Waals surface area contributed by atoms with Crippen molar-refractivity contribution in [1.29, 1.82) is 0 Å². The van der Waals surface area contributed by atoms with Gasteiger partial charge < -0.3 is 15.8 Å². The van der Waals surface area contributed by atoms with Crippen molar-refractivity contribution in [3.63, 3.8) is 0 Å². The Hall–Kier alpha value is -1.63. The summed E-state index contributed by atoms with van der Waals surface area (Å²) in [7, 11) is 1.51. The first kappa shape index (κ1) is 16.4. The van der Waals surface area contributed by atoms with E-state index < -0.39 is 6.04 Å². The van der Waals surface area contributed by atoms with Crippen LogP contribution in [0, 0.1) is 0 Å². The van der Waals surface area contributed by atoms with Gasteiger partial charge in [0.2, 0.25) is 5.91 Å². The van der Waals surface area contributed by atoms with E-state index in [1.807, 2.05) is 29.8 Å². The third kappa shape index (κ3) is 3.47. The zero-order valence-corrected chi connectivity index (χ0v) is 12.3. The van der Waals surface area contributed by atoms with Crippen molar-refractivity contribution in [3.05, 3.63) is 24.4 Å². The summed E-state index contributed by atoms with van der Waals surface area (Å²) >= 11 is 0. The molecule has 0 aliphatic heterocycles. The second kappa shape index (κ2) is 7.23. The topological polar surface area (TPSA) is 82.2 Å². The van der Waals surface area contributed by atoms with E-state index in [0.29, 0.717) is 5.69 Å². The Morgan fingerprint density at radius 2 is 2.30 bits per heavy atom. The first-order valence-corrected chi connectivity index (χ1v) is 6.16. The summed E-state index contributed by atoms with van der Waals surface area (Å²) in [6, 6.07) is 4.98. The van der Waals surface area contributed by atoms with Crippen molar-refractivity contribution in [2.24, 2.45) is 5.73 Å². The van der Waals surface area contributed by atoms with Gasteiger partial charge >= 0.3 is 0 Å². The summed E-state index contributed by atoms with van der Waals surface area (Å²) in [4.78, 5) is 11.8. The molecule has 0 fully saturated rings. The molecule has 1 aromatic heterocycles. The van der Waals surface area contributed by atoms with Gasteiger partial charge in [-0.1, -0.05) is 0 Å². The van der Waals surface area contributed by atoms with Gasteiger partial charge in [-0.2, -0.15) is 5.10 Å². The van der Waals surface area contributed by atoms with Crippen LogP contribution in [0.4, 0.5) is 5.69 Å². The van der Waals surface area contributed by atoms with E-state index in [-0.39, 0.29) is 24.9 Å². The first-order chi connectivity index (χ1) is 9.15. The average molecular weight is 299 g/mol. The highest BCUT2D eigenvalue weighted by Gasteiger charge is 2.13. The Morgan fingerprint density at radius 3 is 2.95 bits per heavy atom. The molecule has 2 rings (SSSR count). The number of fused-ring (bicyclic) bond motifs is 1. The number of methoxy groups -OCH3 is 1. The molecule has 1 amide bonds. The molecule has 6 nitrogen and oxygen atoms in total. The van der Waals surface area contributed by atoms with Gasteiger partial charge in [0.05, 0.1) is 18.3 Å². The third-order valence-electron chi connectivity index (χ3n) is 2.89. The van der Waals surface area contributed by atoms with Crippen molar-refractivity contribution >= 4 is 34.9 Å². The Bertz CT molecular complexity index is 585. The van der Waals surface area contributed by atoms with Crippen LogP contribution >= 0.6 is 12.4 Å². The van der Waals surface area contributed by atoms with Gasteiger partial charge in [-0.25, -0.2) is 0 Å². The number of halogens is 1. The fourth-order valence-electron chi connectivity index (χ4n) is 1.89. The number of benzene rings is 1. The molecule has 0 radical (unpaired) electrons. The number of aromatic nitrogens is 2. The Kier molecular flexibility index (Phi) is 5.94. The SMILES string of the molecule is CCn1ncc2ccc(NC(=O)C(N)COC)cc21.Cl. The number of carbonyl (C=O) groups excluding carboxylic acids is 1. The van der Waals surface area contributed by atoms with Crippen LogP contribution in [0.15, 0.2) is 24.4 Å². The molecular formula is C13H19ClN4O2. The smallest absolute Gasteiger partial charge is 0.243 e. The normalized spacial score (nSPS) is 11.9. The third-order valence-corrected chi connectivity index (χ3v) is 2.89. The monoisotopic (exact) mass is 298 g/mol. The number of ether oxygens (including phenoxy) is 1. The zero-order chi connectivity index (χ0) is 13.8. The van der Waals surface area contributed by atoms with Gasteiger partial charge in [-0.05, 0) is 25.1 Å². The summed E-state index contributed by atoms with van der Waals surface area (Å²) in [6.07, 6.45) is 1.81. The van der Waals surface area contributed by atoms with Gasteiger partial charge in [-0.15, -0.1) is 12.4 Å². The highest BCUT2D eigenvalue weighted by atomic mass is 35.5. The van der Waals surface area contributed by atoms with E-state index >= 15 is 0 Å². The van der Waals surface area contributed by atoms with Crippen molar-refractivity contribution in [1.82, 2.24) is 9.78 Å². The van der Waals surface area contributed by atoms with Crippen LogP contribution < -0.4 is 11.1 Å². The molecular weight excluding hydrogens is 280 g/mol. The largest absolute Gasteiger partial charge is 0.383 e. The predicted octanol–water partition coefficient (Wildman–Crippen LogP) is 1.39. The summed E-state index contributed by atoms with van der Waals surface area (Å²) in [5.74, 6) is -0.260. The molecule has 0 spiro atoms. The maximum Gasteiger partial charge on any atom is 0.243 e. The molecule has 7 heteroatoms. The maximum absolute atomic E-state index is 11.8. The minimum Gasteiger partial charge on any atom is -0.383 e. The van der Waals surface area contributed by atoms with E-state index in [0.717, 1.165) is 17.4 Å². The van der Waals surface area contributed by atoms with E-state index in [9.17, 15) is 4.79 Å². The maximum atomic E-state index is 11.8. The number of nitrogens with one attached hydrogen (secondary N) is 1. The highest BCUT2D eigenvalue weighted by Crippen LogP contribution is 2.19. The molecule has 1 unspecified atom stereocenters. The number of nitrogens with two attached hydrogens (primary N) is 1. The van der Waals surface area contributed by atoms with Crippen LogP contribution in [-0.4, -0.2) is 35.4 Å². The number of carbonyl (C=O) groups is 1. The molecule has 1 atom stereocenters. The van der Waals surface area contributed by atoms with E-state index in [1.165, 1.54) is 7.11 Å². The van der Waals surface area contributed by atoms with Crippen molar-refractivity contribution in [2.75, 3.05) is 19.0 Å². The Balaban J connectivity index is 0.00000200. The molecule has 20 heavy (non-hydrogen) atoms. The van der Waals surface area contributed by atoms with Crippen LogP contribution in [0.25, 0.3) is 10.9 Å². The lowest BCUT2D eigenvalue weighted by Gasteiger charge is -2.11. The lowest BCUT2D eigenvalue weighted by molar-refractivity contribution is -0.118. The lowest BCUT2D eigenvalue weighted by Crippen LogP contribution is -2.39. The number of anilines is 1. The van der Waals surface area contributed by atoms with Crippen molar-refractivity contribution in [3.8, 4) is 0 Å². The van der Waals surface area contributed by atoms with Gasteiger partial charge in [0.25, 0.3) is 0 Å². The predicted molar refractivity (Wildman–Crippen MR) is 81.1 cm³/mol. The average Bonchev–Trinajstić information content (AvgIpc) is 2.81. The van der Waals surface area contributed by atoms with Crippen LogP contribution in [0.2, 0.25) is 0 Å². The number of amides is 1. The van der Waals surface area contributed by atoms with Crippen LogP contribution in [-0.2, 0) is 16.1 Å². The molecule has 0 aliphatic carbocycles. The molecule has 1 heterocycles. The van der Waals surface area contributed by atoms with E-state index in [1.54, 1.807) is 6.20 Å². The van der Waals surface area contributed by atoms with Gasteiger partial charge in [0.1, 0.15) is 6.04 Å². The number of hydrogen-bond donors (Lipinski definition) is 2. The van der Waals surface area contributed by atoms with Crippen LogP contribution in [0.5, 0.6) is 0 Å². The molecule has 0 saturated carbocycles. The first-order valence-electron chi connectivity index (χ1n) is 6.16. The van der Waals surface area contributed by atoms with Crippen molar-refractivity contribution in [2.45, 2.75) is 19.5 Å². The summed E-state index contributed by atoms with van der Waals surface area (Å²) in [5.41, 5.74) is 7.36. The van der Waals surface area contributed by atoms with Gasteiger partial charge in [0, 0.05) is 24.7 Å². The summed E-state index contributed by atoms with van der Waals surface area (Å²) < 4.78 is 6.73. The van der Waals surface area contributed by atoms with Gasteiger partial charge in [-0.3, -0.25) is 9.48 Å². The quantitative estimate of drug-likeness (QED) is 0.874. The molecule has 3 N–H and O–H groups in total. The minimum atomic E-state index is -0.670. The molecule has 110 valence electrons. The van der Waals surface area contributed by atoms with Crippen molar-refractivity contribution < 1.29 is 9.53 Å². The fraction of sp³-hybridized carbons (Fsp3) is 0.385. The molecule has 0 saturated heterocycles. The summed E-state index contributed by atoms with van der Waals surface area (Å²) in [5, 5.41) is 8.08. The van der Waals surface area contributed by atoms with E-state index in [2.05, 4.69) is 10.4 Å². The molecule has 0 bridgehead atoms. The van der Waals surface area contributed by atoms with Crippen LogP contribution in [0.3, 0.4) is 0 Å². The Morgan fingerprint density at radius 1 is 1.55 bits per heavy atom. The molecule has 2 aromatic rings.